The minimum Gasteiger partial charge on any atom is -0.396 e. The van der Waals surface area contributed by atoms with Gasteiger partial charge in [0, 0.05) is 30.7 Å². The van der Waals surface area contributed by atoms with Gasteiger partial charge in [0.2, 0.25) is 5.28 Å². The van der Waals surface area contributed by atoms with E-state index in [1.165, 1.54) is 12.0 Å². The molecule has 2 aliphatic rings. The van der Waals surface area contributed by atoms with Gasteiger partial charge in [0.25, 0.3) is 0 Å². The molecule has 3 rings (SSSR count). The number of rotatable bonds is 2. The minimum atomic E-state index is 0.0622. The van der Waals surface area contributed by atoms with Crippen LogP contribution in [0, 0.1) is 11.8 Å². The Kier molecular flexibility index (Phi) is 4.34. The average molecular weight is 324 g/mol. The van der Waals surface area contributed by atoms with Gasteiger partial charge in [-0.15, -0.1) is 0 Å². The summed E-state index contributed by atoms with van der Waals surface area (Å²) in [5, 5.41) is 9.91. The summed E-state index contributed by atoms with van der Waals surface area (Å²) in [5.41, 5.74) is 2.45. The van der Waals surface area contributed by atoms with E-state index in [4.69, 9.17) is 11.6 Å². The minimum absolute atomic E-state index is 0.0622. The van der Waals surface area contributed by atoms with Crippen LogP contribution in [0.4, 0.5) is 5.82 Å². The third-order valence-corrected chi connectivity index (χ3v) is 5.30. The lowest BCUT2D eigenvalue weighted by molar-refractivity contribution is 0.189. The van der Waals surface area contributed by atoms with Crippen molar-refractivity contribution in [2.24, 2.45) is 11.8 Å². The molecule has 1 N–H and O–H groups in total. The predicted molar refractivity (Wildman–Crippen MR) is 89.6 cm³/mol. The van der Waals surface area contributed by atoms with Gasteiger partial charge >= 0.3 is 0 Å². The Hall–Kier alpha value is -0.870. The van der Waals surface area contributed by atoms with E-state index in [9.17, 15) is 5.11 Å². The highest BCUT2D eigenvalue weighted by Crippen LogP contribution is 2.40. The van der Waals surface area contributed by atoms with Crippen molar-refractivity contribution in [3.63, 3.8) is 0 Å². The van der Waals surface area contributed by atoms with Crippen LogP contribution in [0.25, 0.3) is 0 Å². The number of anilines is 1. The molecular formula is C17H26ClN3O. The summed E-state index contributed by atoms with van der Waals surface area (Å²) in [6, 6.07) is 0. The summed E-state index contributed by atoms with van der Waals surface area (Å²) >= 11 is 6.24. The first-order valence-electron chi connectivity index (χ1n) is 8.33. The van der Waals surface area contributed by atoms with Crippen molar-refractivity contribution in [2.45, 2.75) is 51.9 Å². The van der Waals surface area contributed by atoms with Crippen LogP contribution in [-0.2, 0) is 11.8 Å². The molecule has 0 aromatic carbocycles. The van der Waals surface area contributed by atoms with Crippen LogP contribution in [-0.4, -0.2) is 34.8 Å². The van der Waals surface area contributed by atoms with E-state index in [1.807, 2.05) is 0 Å². The molecule has 1 aromatic heterocycles. The smallest absolute Gasteiger partial charge is 0.224 e. The summed E-state index contributed by atoms with van der Waals surface area (Å²) in [6.07, 6.45) is 4.42. The normalized spacial score (nSPS) is 27.6. The Bertz CT molecular complexity index is 561. The van der Waals surface area contributed by atoms with E-state index in [1.54, 1.807) is 0 Å². The molecule has 1 aliphatic carbocycles. The fourth-order valence-electron chi connectivity index (χ4n) is 4.11. The molecule has 0 spiro atoms. The second-order valence-electron chi connectivity index (χ2n) is 7.68. The molecule has 2 unspecified atom stereocenters. The molecule has 122 valence electrons. The monoisotopic (exact) mass is 323 g/mol. The fraction of sp³-hybridized carbons (Fsp3) is 0.765. The van der Waals surface area contributed by atoms with Gasteiger partial charge in [0.15, 0.2) is 0 Å². The lowest BCUT2D eigenvalue weighted by Gasteiger charge is -2.39. The van der Waals surface area contributed by atoms with Crippen molar-refractivity contribution in [1.82, 2.24) is 9.97 Å². The van der Waals surface area contributed by atoms with Crippen molar-refractivity contribution in [3.8, 4) is 0 Å². The van der Waals surface area contributed by atoms with Gasteiger partial charge in [-0.25, -0.2) is 9.97 Å². The lowest BCUT2D eigenvalue weighted by atomic mass is 9.76. The van der Waals surface area contributed by atoms with Crippen molar-refractivity contribution in [3.05, 3.63) is 16.5 Å². The number of aliphatic hydroxyl groups is 1. The van der Waals surface area contributed by atoms with Crippen LogP contribution in [0.15, 0.2) is 0 Å². The van der Waals surface area contributed by atoms with E-state index in [2.05, 4.69) is 35.6 Å². The number of nitrogens with zero attached hydrogens (tertiary/aromatic N) is 3. The molecule has 22 heavy (non-hydrogen) atoms. The highest BCUT2D eigenvalue weighted by molar-refractivity contribution is 6.28. The second kappa shape index (κ2) is 5.97. The van der Waals surface area contributed by atoms with E-state index >= 15 is 0 Å². The van der Waals surface area contributed by atoms with Gasteiger partial charge in [-0.1, -0.05) is 20.8 Å². The molecule has 0 radical (unpaired) electrons. The Morgan fingerprint density at radius 1 is 1.32 bits per heavy atom. The highest BCUT2D eigenvalue weighted by atomic mass is 35.5. The first kappa shape index (κ1) is 16.0. The van der Waals surface area contributed by atoms with Crippen molar-refractivity contribution in [2.75, 3.05) is 24.6 Å². The molecule has 1 fully saturated rings. The number of halogens is 1. The molecule has 1 saturated heterocycles. The number of aliphatic hydroxyl groups excluding tert-OH is 1. The first-order chi connectivity index (χ1) is 10.4. The van der Waals surface area contributed by atoms with Gasteiger partial charge in [-0.05, 0) is 49.1 Å². The van der Waals surface area contributed by atoms with Crippen molar-refractivity contribution < 1.29 is 5.11 Å². The van der Waals surface area contributed by atoms with E-state index < -0.39 is 0 Å². The van der Waals surface area contributed by atoms with Crippen LogP contribution in [0.3, 0.4) is 0 Å². The van der Waals surface area contributed by atoms with Gasteiger partial charge in [0.05, 0.1) is 5.69 Å². The molecule has 0 bridgehead atoms. The third-order valence-electron chi connectivity index (χ3n) is 5.13. The van der Waals surface area contributed by atoms with Gasteiger partial charge in [-0.2, -0.15) is 0 Å². The average Bonchev–Trinajstić information content (AvgIpc) is 2.46. The molecule has 0 saturated carbocycles. The number of fused-ring (bicyclic) bond motifs is 1. The highest BCUT2D eigenvalue weighted by Gasteiger charge is 2.34. The molecule has 1 aliphatic heterocycles. The maximum absolute atomic E-state index is 9.56. The van der Waals surface area contributed by atoms with Crippen molar-refractivity contribution >= 4 is 17.4 Å². The van der Waals surface area contributed by atoms with E-state index in [-0.39, 0.29) is 12.0 Å². The summed E-state index contributed by atoms with van der Waals surface area (Å²) in [7, 11) is 0. The van der Waals surface area contributed by atoms with Crippen LogP contribution < -0.4 is 4.90 Å². The quantitative estimate of drug-likeness (QED) is 0.849. The van der Waals surface area contributed by atoms with Crippen LogP contribution in [0.5, 0.6) is 0 Å². The second-order valence-corrected chi connectivity index (χ2v) is 8.01. The maximum Gasteiger partial charge on any atom is 0.224 e. The van der Waals surface area contributed by atoms with Gasteiger partial charge in [-0.3, -0.25) is 0 Å². The fourth-order valence-corrected chi connectivity index (χ4v) is 4.27. The Labute approximate surface area is 137 Å². The van der Waals surface area contributed by atoms with Crippen LogP contribution >= 0.6 is 11.6 Å². The number of hydrogen-bond donors (Lipinski definition) is 1. The summed E-state index contributed by atoms with van der Waals surface area (Å²) in [6.45, 7) is 8.82. The zero-order valence-electron chi connectivity index (χ0n) is 13.8. The van der Waals surface area contributed by atoms with Crippen LogP contribution in [0.1, 0.15) is 51.3 Å². The van der Waals surface area contributed by atoms with E-state index in [0.29, 0.717) is 17.1 Å². The SMILES string of the molecule is CC1CC(CO)CN(c2nc(Cl)nc3c2CCCC3(C)C)C1. The first-order valence-corrected chi connectivity index (χ1v) is 8.71. The zero-order valence-corrected chi connectivity index (χ0v) is 14.5. The summed E-state index contributed by atoms with van der Waals surface area (Å²) < 4.78 is 0. The summed E-state index contributed by atoms with van der Waals surface area (Å²) in [4.78, 5) is 11.5. The van der Waals surface area contributed by atoms with Gasteiger partial charge < -0.3 is 10.0 Å². The Morgan fingerprint density at radius 3 is 2.82 bits per heavy atom. The molecule has 2 atom stereocenters. The topological polar surface area (TPSA) is 49.2 Å². The zero-order chi connectivity index (χ0) is 15.9. The molecule has 1 aromatic rings. The Balaban J connectivity index is 2.02. The standard InChI is InChI=1S/C17H26ClN3O/c1-11-7-12(10-22)9-21(8-11)15-13-5-4-6-17(2,3)14(13)19-16(18)20-15/h11-12,22H,4-10H2,1-3H3. The number of hydrogen-bond acceptors (Lipinski definition) is 4. The molecular weight excluding hydrogens is 298 g/mol. The summed E-state index contributed by atoms with van der Waals surface area (Å²) in [5.74, 6) is 1.89. The third kappa shape index (κ3) is 2.95. The Morgan fingerprint density at radius 2 is 2.09 bits per heavy atom. The molecule has 4 nitrogen and oxygen atoms in total. The predicted octanol–water partition coefficient (Wildman–Crippen LogP) is 3.20. The number of piperidine rings is 1. The van der Waals surface area contributed by atoms with Crippen LogP contribution in [0.2, 0.25) is 5.28 Å². The molecule has 2 heterocycles. The number of aromatic nitrogens is 2. The molecule has 5 heteroatoms. The molecule has 0 amide bonds. The maximum atomic E-state index is 9.56. The van der Waals surface area contributed by atoms with Gasteiger partial charge in [0.1, 0.15) is 5.82 Å². The lowest BCUT2D eigenvalue weighted by Crippen LogP contribution is -2.42. The van der Waals surface area contributed by atoms with Crippen molar-refractivity contribution in [1.29, 1.82) is 0 Å². The largest absolute Gasteiger partial charge is 0.396 e. The van der Waals surface area contributed by atoms with E-state index in [0.717, 1.165) is 43.9 Å².